The molecule has 1 rings (SSSR count). The summed E-state index contributed by atoms with van der Waals surface area (Å²) in [6, 6.07) is 0. The quantitative estimate of drug-likeness (QED) is 0.817. The number of hydrogen-bond acceptors (Lipinski definition) is 3. The summed E-state index contributed by atoms with van der Waals surface area (Å²) in [6.45, 7) is 6.62. The monoisotopic (exact) mass is 207 g/mol. The van der Waals surface area contributed by atoms with Crippen LogP contribution in [0.15, 0.2) is 18.7 Å². The molecule has 0 aromatic carbocycles. The predicted molar refractivity (Wildman–Crippen MR) is 58.0 cm³/mol. The first-order valence-electron chi connectivity index (χ1n) is 4.98. The molecule has 0 aliphatic heterocycles. The summed E-state index contributed by atoms with van der Waals surface area (Å²) < 4.78 is 0. The van der Waals surface area contributed by atoms with Crippen LogP contribution in [-0.4, -0.2) is 15.9 Å². The van der Waals surface area contributed by atoms with Gasteiger partial charge in [-0.1, -0.05) is 20.8 Å². The number of nitrogens with one attached hydrogen (secondary N) is 1. The molecule has 0 atom stereocenters. The lowest BCUT2D eigenvalue weighted by molar-refractivity contribution is -0.122. The van der Waals surface area contributed by atoms with Gasteiger partial charge in [0.2, 0.25) is 5.91 Å². The third kappa shape index (κ3) is 5.10. The number of amides is 1. The van der Waals surface area contributed by atoms with Gasteiger partial charge in [-0.25, -0.2) is 9.97 Å². The van der Waals surface area contributed by atoms with Gasteiger partial charge < -0.3 is 5.32 Å². The molecule has 82 valence electrons. The highest BCUT2D eigenvalue weighted by atomic mass is 16.1. The second kappa shape index (κ2) is 4.87. The van der Waals surface area contributed by atoms with Crippen molar-refractivity contribution in [1.82, 2.24) is 15.3 Å². The van der Waals surface area contributed by atoms with Crippen LogP contribution in [0, 0.1) is 5.41 Å². The van der Waals surface area contributed by atoms with E-state index in [1.165, 1.54) is 6.33 Å². The van der Waals surface area contributed by atoms with E-state index in [0.29, 0.717) is 13.0 Å². The first kappa shape index (κ1) is 11.6. The number of carbonyl (C=O) groups excluding carboxylic acids is 1. The van der Waals surface area contributed by atoms with Crippen molar-refractivity contribution in [1.29, 1.82) is 0 Å². The minimum absolute atomic E-state index is 0.0251. The summed E-state index contributed by atoms with van der Waals surface area (Å²) >= 11 is 0. The number of rotatable bonds is 3. The minimum Gasteiger partial charge on any atom is -0.352 e. The zero-order chi connectivity index (χ0) is 11.3. The van der Waals surface area contributed by atoms with Gasteiger partial charge in [-0.05, 0) is 5.41 Å². The molecule has 0 aliphatic rings. The van der Waals surface area contributed by atoms with E-state index in [-0.39, 0.29) is 11.3 Å². The van der Waals surface area contributed by atoms with Gasteiger partial charge in [-0.15, -0.1) is 0 Å². The number of hydrogen-bond donors (Lipinski definition) is 1. The normalized spacial score (nSPS) is 11.1. The van der Waals surface area contributed by atoms with Crippen LogP contribution in [0.4, 0.5) is 0 Å². The van der Waals surface area contributed by atoms with Gasteiger partial charge in [0.15, 0.2) is 0 Å². The van der Waals surface area contributed by atoms with Crippen molar-refractivity contribution in [3.8, 4) is 0 Å². The summed E-state index contributed by atoms with van der Waals surface area (Å²) in [5.74, 6) is 0.0614. The Hall–Kier alpha value is -1.45. The number of nitrogens with zero attached hydrogens (tertiary/aromatic N) is 2. The SMILES string of the molecule is CC(C)(C)CC(=O)NCc1cncnc1. The van der Waals surface area contributed by atoms with Gasteiger partial charge in [0.05, 0.1) is 0 Å². The first-order valence-corrected chi connectivity index (χ1v) is 4.98. The lowest BCUT2D eigenvalue weighted by atomic mass is 9.92. The molecule has 0 bridgehead atoms. The Balaban J connectivity index is 2.35. The van der Waals surface area contributed by atoms with E-state index < -0.39 is 0 Å². The highest BCUT2D eigenvalue weighted by Crippen LogP contribution is 2.17. The molecule has 0 saturated carbocycles. The molecule has 1 N–H and O–H groups in total. The predicted octanol–water partition coefficient (Wildman–Crippen LogP) is 1.53. The molecule has 0 unspecified atom stereocenters. The van der Waals surface area contributed by atoms with Gasteiger partial charge in [0.1, 0.15) is 6.33 Å². The summed E-state index contributed by atoms with van der Waals surface area (Å²) in [7, 11) is 0. The molecule has 1 aromatic heterocycles. The molecule has 4 nitrogen and oxygen atoms in total. The number of carbonyl (C=O) groups is 1. The average molecular weight is 207 g/mol. The van der Waals surface area contributed by atoms with Crippen molar-refractivity contribution >= 4 is 5.91 Å². The highest BCUT2D eigenvalue weighted by Gasteiger charge is 2.15. The second-order valence-corrected chi connectivity index (χ2v) is 4.76. The van der Waals surface area contributed by atoms with Crippen LogP contribution in [0.1, 0.15) is 32.8 Å². The molecule has 0 aliphatic carbocycles. The Kier molecular flexibility index (Phi) is 3.77. The molecule has 1 heterocycles. The molecule has 15 heavy (non-hydrogen) atoms. The third-order valence-electron chi connectivity index (χ3n) is 1.79. The molecule has 0 radical (unpaired) electrons. The Morgan fingerprint density at radius 3 is 2.47 bits per heavy atom. The lowest BCUT2D eigenvalue weighted by Gasteiger charge is -2.17. The Bertz CT molecular complexity index is 316. The maximum absolute atomic E-state index is 11.5. The maximum Gasteiger partial charge on any atom is 0.220 e. The molecular weight excluding hydrogens is 190 g/mol. The topological polar surface area (TPSA) is 54.9 Å². The second-order valence-electron chi connectivity index (χ2n) is 4.76. The third-order valence-corrected chi connectivity index (χ3v) is 1.79. The molecule has 1 amide bonds. The summed E-state index contributed by atoms with van der Waals surface area (Å²) in [5, 5.41) is 2.84. The fraction of sp³-hybridized carbons (Fsp3) is 0.545. The molecule has 1 aromatic rings. The number of aromatic nitrogens is 2. The van der Waals surface area contributed by atoms with E-state index in [4.69, 9.17) is 0 Å². The largest absolute Gasteiger partial charge is 0.352 e. The average Bonchev–Trinajstić information content (AvgIpc) is 2.14. The van der Waals surface area contributed by atoms with Crippen LogP contribution in [0.5, 0.6) is 0 Å². The first-order chi connectivity index (χ1) is 6.97. The zero-order valence-corrected chi connectivity index (χ0v) is 9.45. The summed E-state index contributed by atoms with van der Waals surface area (Å²) in [4.78, 5) is 19.2. The van der Waals surface area contributed by atoms with Gasteiger partial charge >= 0.3 is 0 Å². The van der Waals surface area contributed by atoms with E-state index in [1.807, 2.05) is 20.8 Å². The van der Waals surface area contributed by atoms with Gasteiger partial charge in [0, 0.05) is 30.9 Å². The van der Waals surface area contributed by atoms with Crippen LogP contribution in [0.3, 0.4) is 0 Å². The van der Waals surface area contributed by atoms with E-state index in [1.54, 1.807) is 12.4 Å². The Labute approximate surface area is 90.1 Å². The Morgan fingerprint density at radius 1 is 1.33 bits per heavy atom. The maximum atomic E-state index is 11.5. The van der Waals surface area contributed by atoms with E-state index in [2.05, 4.69) is 15.3 Å². The van der Waals surface area contributed by atoms with Gasteiger partial charge in [-0.2, -0.15) is 0 Å². The standard InChI is InChI=1S/C11H17N3O/c1-11(2,3)4-10(15)14-7-9-5-12-8-13-6-9/h5-6,8H,4,7H2,1-3H3,(H,14,15). The fourth-order valence-electron chi connectivity index (χ4n) is 1.17. The smallest absolute Gasteiger partial charge is 0.220 e. The Morgan fingerprint density at radius 2 is 1.93 bits per heavy atom. The van der Waals surface area contributed by atoms with Crippen LogP contribution < -0.4 is 5.32 Å². The van der Waals surface area contributed by atoms with Crippen molar-refractivity contribution < 1.29 is 4.79 Å². The van der Waals surface area contributed by atoms with Crippen molar-refractivity contribution in [3.63, 3.8) is 0 Å². The van der Waals surface area contributed by atoms with E-state index in [0.717, 1.165) is 5.56 Å². The molecular formula is C11H17N3O. The van der Waals surface area contributed by atoms with Crippen LogP contribution in [-0.2, 0) is 11.3 Å². The van der Waals surface area contributed by atoms with E-state index in [9.17, 15) is 4.79 Å². The van der Waals surface area contributed by atoms with Crippen molar-refractivity contribution in [3.05, 3.63) is 24.3 Å². The van der Waals surface area contributed by atoms with Gasteiger partial charge in [0.25, 0.3) is 0 Å². The van der Waals surface area contributed by atoms with Gasteiger partial charge in [-0.3, -0.25) is 4.79 Å². The van der Waals surface area contributed by atoms with E-state index >= 15 is 0 Å². The molecule has 0 saturated heterocycles. The lowest BCUT2D eigenvalue weighted by Crippen LogP contribution is -2.27. The molecule has 0 spiro atoms. The van der Waals surface area contributed by atoms with Crippen LogP contribution in [0.25, 0.3) is 0 Å². The zero-order valence-electron chi connectivity index (χ0n) is 9.45. The highest BCUT2D eigenvalue weighted by molar-refractivity contribution is 5.76. The van der Waals surface area contributed by atoms with Crippen LogP contribution >= 0.6 is 0 Å². The van der Waals surface area contributed by atoms with Crippen molar-refractivity contribution in [2.45, 2.75) is 33.7 Å². The van der Waals surface area contributed by atoms with Crippen molar-refractivity contribution in [2.75, 3.05) is 0 Å². The summed E-state index contributed by atoms with van der Waals surface area (Å²) in [6.07, 6.45) is 5.40. The minimum atomic E-state index is 0.0251. The van der Waals surface area contributed by atoms with Crippen molar-refractivity contribution in [2.24, 2.45) is 5.41 Å². The molecule has 4 heteroatoms. The molecule has 0 fully saturated rings. The summed E-state index contributed by atoms with van der Waals surface area (Å²) in [5.41, 5.74) is 0.942. The van der Waals surface area contributed by atoms with Crippen LogP contribution in [0.2, 0.25) is 0 Å². The fourth-order valence-corrected chi connectivity index (χ4v) is 1.17.